The Labute approximate surface area is 183 Å². The second-order valence-electron chi connectivity index (χ2n) is 5.85. The molecule has 2 heterocycles. The molecule has 0 aliphatic heterocycles. The Bertz CT molecular complexity index is 912. The molecule has 0 fully saturated rings. The van der Waals surface area contributed by atoms with Crippen molar-refractivity contribution in [2.75, 3.05) is 13.1 Å². The zero-order chi connectivity index (χ0) is 18.4. The molecule has 0 amide bonds. The van der Waals surface area contributed by atoms with Gasteiger partial charge in [-0.25, -0.2) is 14.4 Å². The molecule has 27 heavy (non-hydrogen) atoms. The maximum absolute atomic E-state index is 13.2. The molecule has 0 aliphatic carbocycles. The van der Waals surface area contributed by atoms with Gasteiger partial charge in [-0.05, 0) is 59.1 Å². The van der Waals surface area contributed by atoms with Crippen LogP contribution in [-0.4, -0.2) is 28.4 Å². The van der Waals surface area contributed by atoms with E-state index in [0.29, 0.717) is 13.1 Å². The molecule has 5 nitrogen and oxygen atoms in total. The SMILES string of the molecule is CCNC(=NCc1cn2cc(Br)ccc2n1)NCCc1cccc(F)c1.I. The molecule has 3 aromatic rings. The van der Waals surface area contributed by atoms with Crippen LogP contribution in [-0.2, 0) is 13.0 Å². The molecule has 0 unspecified atom stereocenters. The molecule has 0 saturated carbocycles. The van der Waals surface area contributed by atoms with Crippen molar-refractivity contribution in [3.63, 3.8) is 0 Å². The van der Waals surface area contributed by atoms with Gasteiger partial charge in [-0.15, -0.1) is 24.0 Å². The Morgan fingerprint density at radius 1 is 1.22 bits per heavy atom. The van der Waals surface area contributed by atoms with Crippen LogP contribution < -0.4 is 10.6 Å². The third-order valence-electron chi connectivity index (χ3n) is 3.80. The molecule has 144 valence electrons. The molecular weight excluding hydrogens is 524 g/mol. The van der Waals surface area contributed by atoms with Crippen molar-refractivity contribution in [1.29, 1.82) is 0 Å². The van der Waals surface area contributed by atoms with Crippen LogP contribution in [0, 0.1) is 5.82 Å². The minimum absolute atomic E-state index is 0. The second-order valence-corrected chi connectivity index (χ2v) is 6.76. The highest BCUT2D eigenvalue weighted by molar-refractivity contribution is 14.0. The van der Waals surface area contributed by atoms with Gasteiger partial charge in [0.15, 0.2) is 5.96 Å². The van der Waals surface area contributed by atoms with Gasteiger partial charge in [0, 0.05) is 30.0 Å². The van der Waals surface area contributed by atoms with Crippen molar-refractivity contribution < 1.29 is 4.39 Å². The van der Waals surface area contributed by atoms with Gasteiger partial charge in [0.25, 0.3) is 0 Å². The van der Waals surface area contributed by atoms with E-state index in [-0.39, 0.29) is 29.8 Å². The van der Waals surface area contributed by atoms with Crippen molar-refractivity contribution in [3.8, 4) is 0 Å². The van der Waals surface area contributed by atoms with Crippen LogP contribution in [0.4, 0.5) is 4.39 Å². The minimum Gasteiger partial charge on any atom is -0.357 e. The number of rotatable bonds is 6. The summed E-state index contributed by atoms with van der Waals surface area (Å²) in [6.07, 6.45) is 4.67. The van der Waals surface area contributed by atoms with Crippen molar-refractivity contribution in [3.05, 3.63) is 70.3 Å². The van der Waals surface area contributed by atoms with E-state index in [1.165, 1.54) is 6.07 Å². The zero-order valence-corrected chi connectivity index (χ0v) is 18.9. The van der Waals surface area contributed by atoms with E-state index in [2.05, 4.69) is 36.5 Å². The maximum atomic E-state index is 13.2. The topological polar surface area (TPSA) is 53.7 Å². The van der Waals surface area contributed by atoms with Crippen molar-refractivity contribution in [1.82, 2.24) is 20.0 Å². The molecule has 8 heteroatoms. The first-order valence-corrected chi connectivity index (χ1v) is 9.33. The summed E-state index contributed by atoms with van der Waals surface area (Å²) in [6, 6.07) is 10.6. The van der Waals surface area contributed by atoms with E-state index in [1.54, 1.807) is 12.1 Å². The van der Waals surface area contributed by atoms with Gasteiger partial charge in [0.05, 0.1) is 12.2 Å². The number of nitrogens with zero attached hydrogens (tertiary/aromatic N) is 3. The lowest BCUT2D eigenvalue weighted by molar-refractivity contribution is 0.625. The van der Waals surface area contributed by atoms with Crippen LogP contribution in [0.5, 0.6) is 0 Å². The molecule has 0 spiro atoms. The molecule has 0 radical (unpaired) electrons. The van der Waals surface area contributed by atoms with Crippen molar-refractivity contribution >= 4 is 51.5 Å². The van der Waals surface area contributed by atoms with E-state index in [9.17, 15) is 4.39 Å². The third kappa shape index (κ3) is 6.46. The Hall–Kier alpha value is -1.68. The fraction of sp³-hybridized carbons (Fsp3) is 0.263. The number of aliphatic imine (C=N–C) groups is 1. The molecular formula is C19H22BrFIN5. The summed E-state index contributed by atoms with van der Waals surface area (Å²) < 4.78 is 16.2. The van der Waals surface area contributed by atoms with Crippen LogP contribution in [0.1, 0.15) is 18.2 Å². The number of benzene rings is 1. The lowest BCUT2D eigenvalue weighted by Gasteiger charge is -2.11. The maximum Gasteiger partial charge on any atom is 0.191 e. The fourth-order valence-electron chi connectivity index (χ4n) is 2.61. The number of nitrogens with one attached hydrogen (secondary N) is 2. The number of pyridine rings is 1. The number of halogens is 3. The summed E-state index contributed by atoms with van der Waals surface area (Å²) in [7, 11) is 0. The summed E-state index contributed by atoms with van der Waals surface area (Å²) in [6.45, 7) is 3.94. The van der Waals surface area contributed by atoms with Gasteiger partial charge >= 0.3 is 0 Å². The number of fused-ring (bicyclic) bond motifs is 1. The minimum atomic E-state index is -0.207. The Balaban J connectivity index is 0.00000261. The monoisotopic (exact) mass is 545 g/mol. The van der Waals surface area contributed by atoms with Gasteiger partial charge in [-0.3, -0.25) is 0 Å². The molecule has 0 atom stereocenters. The summed E-state index contributed by atoms with van der Waals surface area (Å²) in [5.74, 6) is 0.517. The largest absolute Gasteiger partial charge is 0.357 e. The molecule has 2 aromatic heterocycles. The number of guanidine groups is 1. The predicted molar refractivity (Wildman–Crippen MR) is 121 cm³/mol. The molecule has 1 aromatic carbocycles. The number of imidazole rings is 1. The van der Waals surface area contributed by atoms with E-state index < -0.39 is 0 Å². The zero-order valence-electron chi connectivity index (χ0n) is 15.0. The van der Waals surface area contributed by atoms with E-state index >= 15 is 0 Å². The fourth-order valence-corrected chi connectivity index (χ4v) is 2.97. The lowest BCUT2D eigenvalue weighted by atomic mass is 10.1. The molecule has 0 bridgehead atoms. The van der Waals surface area contributed by atoms with E-state index in [0.717, 1.165) is 40.3 Å². The average molecular weight is 546 g/mol. The van der Waals surface area contributed by atoms with Crippen LogP contribution in [0.25, 0.3) is 5.65 Å². The van der Waals surface area contributed by atoms with Gasteiger partial charge in [-0.1, -0.05) is 12.1 Å². The van der Waals surface area contributed by atoms with Gasteiger partial charge < -0.3 is 15.0 Å². The van der Waals surface area contributed by atoms with Gasteiger partial charge in [-0.2, -0.15) is 0 Å². The number of aromatic nitrogens is 2. The first kappa shape index (κ1) is 21.6. The van der Waals surface area contributed by atoms with Crippen LogP contribution in [0.15, 0.2) is 58.3 Å². The normalized spacial score (nSPS) is 11.3. The van der Waals surface area contributed by atoms with Crippen LogP contribution in [0.3, 0.4) is 0 Å². The Morgan fingerprint density at radius 3 is 2.85 bits per heavy atom. The van der Waals surface area contributed by atoms with Crippen LogP contribution >= 0.6 is 39.9 Å². The predicted octanol–water partition coefficient (Wildman–Crippen LogP) is 4.15. The van der Waals surface area contributed by atoms with Crippen molar-refractivity contribution in [2.45, 2.75) is 19.9 Å². The highest BCUT2D eigenvalue weighted by atomic mass is 127. The Kier molecular flexibility index (Phi) is 8.49. The second kappa shape index (κ2) is 10.6. The number of hydrogen-bond acceptors (Lipinski definition) is 2. The standard InChI is InChI=1S/C19H21BrFN5.HI/c1-2-22-19(23-9-8-14-4-3-5-16(21)10-14)24-11-17-13-26-12-15(20)6-7-18(26)25-17;/h3-7,10,12-13H,2,8-9,11H2,1H3,(H2,22,23,24);1H. The quantitative estimate of drug-likeness (QED) is 0.278. The van der Waals surface area contributed by atoms with Crippen molar-refractivity contribution in [2.24, 2.45) is 4.99 Å². The lowest BCUT2D eigenvalue weighted by Crippen LogP contribution is -2.38. The highest BCUT2D eigenvalue weighted by Crippen LogP contribution is 2.12. The summed E-state index contributed by atoms with van der Waals surface area (Å²) in [5.41, 5.74) is 2.74. The summed E-state index contributed by atoms with van der Waals surface area (Å²) in [5, 5.41) is 6.49. The summed E-state index contributed by atoms with van der Waals surface area (Å²) >= 11 is 3.46. The van der Waals surface area contributed by atoms with Crippen LogP contribution in [0.2, 0.25) is 0 Å². The first-order chi connectivity index (χ1) is 12.6. The molecule has 0 saturated heterocycles. The third-order valence-corrected chi connectivity index (χ3v) is 4.27. The molecule has 2 N–H and O–H groups in total. The molecule has 3 rings (SSSR count). The smallest absolute Gasteiger partial charge is 0.191 e. The van der Waals surface area contributed by atoms with Gasteiger partial charge in [0.1, 0.15) is 11.5 Å². The first-order valence-electron chi connectivity index (χ1n) is 8.54. The molecule has 0 aliphatic rings. The highest BCUT2D eigenvalue weighted by Gasteiger charge is 2.03. The average Bonchev–Trinajstić information content (AvgIpc) is 3.01. The number of hydrogen-bond donors (Lipinski definition) is 2. The van der Waals surface area contributed by atoms with E-state index in [4.69, 9.17) is 0 Å². The van der Waals surface area contributed by atoms with E-state index in [1.807, 2.05) is 41.9 Å². The Morgan fingerprint density at radius 2 is 2.07 bits per heavy atom. The summed E-state index contributed by atoms with van der Waals surface area (Å²) in [4.78, 5) is 9.14. The van der Waals surface area contributed by atoms with Gasteiger partial charge in [0.2, 0.25) is 0 Å².